The number of aromatic nitrogens is 1. The first-order valence-electron chi connectivity index (χ1n) is 7.89. The van der Waals surface area contributed by atoms with E-state index in [2.05, 4.69) is 10.3 Å². The van der Waals surface area contributed by atoms with Crippen molar-refractivity contribution in [2.24, 2.45) is 0 Å². The average Bonchev–Trinajstić information content (AvgIpc) is 2.95. The summed E-state index contributed by atoms with van der Waals surface area (Å²) in [6.45, 7) is 5.81. The van der Waals surface area contributed by atoms with Gasteiger partial charge >= 0.3 is 6.03 Å². The quantitative estimate of drug-likeness (QED) is 0.923. The van der Waals surface area contributed by atoms with Crippen LogP contribution < -0.4 is 5.32 Å². The highest BCUT2D eigenvalue weighted by atomic mass is 35.5. The van der Waals surface area contributed by atoms with E-state index in [0.29, 0.717) is 36.4 Å². The molecule has 2 aromatic rings. The molecule has 0 spiro atoms. The molecule has 0 radical (unpaired) electrons. The molecule has 0 saturated carbocycles. The third kappa shape index (κ3) is 3.71. The summed E-state index contributed by atoms with van der Waals surface area (Å²) in [6.07, 6.45) is 0. The summed E-state index contributed by atoms with van der Waals surface area (Å²) in [5.74, 6) is 1.17. The van der Waals surface area contributed by atoms with E-state index in [9.17, 15) is 4.79 Å². The van der Waals surface area contributed by atoms with Crippen molar-refractivity contribution in [2.45, 2.75) is 26.4 Å². The monoisotopic (exact) mass is 349 g/mol. The van der Waals surface area contributed by atoms with Crippen molar-refractivity contribution in [3.63, 3.8) is 0 Å². The lowest BCUT2D eigenvalue weighted by Crippen LogP contribution is -2.51. The molecule has 24 heavy (non-hydrogen) atoms. The van der Waals surface area contributed by atoms with Crippen LogP contribution >= 0.6 is 11.6 Å². The van der Waals surface area contributed by atoms with Crippen molar-refractivity contribution < 1.29 is 13.9 Å². The van der Waals surface area contributed by atoms with Crippen LogP contribution in [0.2, 0.25) is 5.02 Å². The maximum absolute atomic E-state index is 12.3. The molecule has 1 N–H and O–H groups in total. The van der Waals surface area contributed by atoms with Crippen LogP contribution in [-0.2, 0) is 11.3 Å². The number of aryl methyl sites for hydroxylation is 1. The molecule has 6 nitrogen and oxygen atoms in total. The van der Waals surface area contributed by atoms with E-state index in [1.165, 1.54) is 0 Å². The van der Waals surface area contributed by atoms with Gasteiger partial charge in [-0.25, -0.2) is 9.78 Å². The van der Waals surface area contributed by atoms with Gasteiger partial charge in [0.25, 0.3) is 0 Å². The van der Waals surface area contributed by atoms with Gasteiger partial charge in [0.15, 0.2) is 5.76 Å². The first-order chi connectivity index (χ1) is 11.5. The number of rotatable bonds is 3. The first kappa shape index (κ1) is 16.8. The van der Waals surface area contributed by atoms with Crippen molar-refractivity contribution in [1.29, 1.82) is 0 Å². The fraction of sp³-hybridized carbons (Fsp3) is 0.412. The number of carbonyl (C=O) groups excluding carboxylic acids is 1. The first-order valence-corrected chi connectivity index (χ1v) is 8.27. The van der Waals surface area contributed by atoms with Gasteiger partial charge < -0.3 is 19.4 Å². The Morgan fingerprint density at radius 3 is 2.88 bits per heavy atom. The molecule has 1 aliphatic rings. The Bertz CT molecular complexity index is 714. The third-order valence-electron chi connectivity index (χ3n) is 3.97. The Kier molecular flexibility index (Phi) is 5.06. The van der Waals surface area contributed by atoms with Crippen molar-refractivity contribution in [1.82, 2.24) is 15.2 Å². The summed E-state index contributed by atoms with van der Waals surface area (Å²) in [4.78, 5) is 18.4. The third-order valence-corrected chi connectivity index (χ3v) is 4.22. The second kappa shape index (κ2) is 7.23. The number of ether oxygens (including phenoxy) is 1. The maximum Gasteiger partial charge on any atom is 0.318 e. The number of nitrogens with one attached hydrogen (secondary N) is 1. The van der Waals surface area contributed by atoms with E-state index in [0.717, 1.165) is 11.3 Å². The molecular formula is C17H20ClN3O3. The molecule has 1 aromatic carbocycles. The molecule has 1 saturated heterocycles. The number of halogens is 1. The lowest BCUT2D eigenvalue weighted by molar-refractivity contribution is 0.0188. The molecule has 1 unspecified atom stereocenters. The van der Waals surface area contributed by atoms with Gasteiger partial charge in [0.1, 0.15) is 0 Å². The molecule has 3 rings (SSSR count). The Morgan fingerprint density at radius 1 is 1.42 bits per heavy atom. The molecule has 0 aliphatic carbocycles. The summed E-state index contributed by atoms with van der Waals surface area (Å²) in [6, 6.07) is 7.31. The minimum absolute atomic E-state index is 0.0645. The number of carbonyl (C=O) groups is 1. The zero-order valence-corrected chi connectivity index (χ0v) is 14.5. The number of morpholine rings is 1. The van der Waals surface area contributed by atoms with Crippen LogP contribution in [0.1, 0.15) is 18.5 Å². The van der Waals surface area contributed by atoms with E-state index >= 15 is 0 Å². The predicted molar refractivity (Wildman–Crippen MR) is 90.9 cm³/mol. The van der Waals surface area contributed by atoms with Crippen molar-refractivity contribution in [3.05, 3.63) is 40.9 Å². The lowest BCUT2D eigenvalue weighted by atomic mass is 10.1. The Balaban J connectivity index is 1.65. The molecule has 7 heteroatoms. The number of urea groups is 1. The Hall–Kier alpha value is -2.05. The van der Waals surface area contributed by atoms with Gasteiger partial charge in [-0.3, -0.25) is 0 Å². The molecule has 2 amide bonds. The molecule has 1 aromatic heterocycles. The SMILES string of the molecule is Cc1nc(CNC(=O)N2CCOCC2C)oc1-c1ccc(Cl)cc1. The van der Waals surface area contributed by atoms with E-state index in [-0.39, 0.29) is 18.6 Å². The van der Waals surface area contributed by atoms with Crippen LogP contribution in [-0.4, -0.2) is 41.7 Å². The van der Waals surface area contributed by atoms with Crippen LogP contribution in [0.15, 0.2) is 28.7 Å². The zero-order valence-electron chi connectivity index (χ0n) is 13.7. The molecule has 1 atom stereocenters. The number of amides is 2. The average molecular weight is 350 g/mol. The van der Waals surface area contributed by atoms with Gasteiger partial charge in [-0.2, -0.15) is 0 Å². The van der Waals surface area contributed by atoms with Gasteiger partial charge in [-0.05, 0) is 38.1 Å². The van der Waals surface area contributed by atoms with Crippen LogP contribution in [0.4, 0.5) is 4.79 Å². The second-order valence-corrected chi connectivity index (χ2v) is 6.24. The summed E-state index contributed by atoms with van der Waals surface area (Å²) < 4.78 is 11.1. The van der Waals surface area contributed by atoms with Gasteiger partial charge in [-0.15, -0.1) is 0 Å². The van der Waals surface area contributed by atoms with Crippen molar-refractivity contribution in [2.75, 3.05) is 19.8 Å². The smallest absolute Gasteiger partial charge is 0.318 e. The molecule has 1 fully saturated rings. The molecular weight excluding hydrogens is 330 g/mol. The Labute approximate surface area is 145 Å². The summed E-state index contributed by atoms with van der Waals surface area (Å²) >= 11 is 5.91. The van der Waals surface area contributed by atoms with E-state index in [4.69, 9.17) is 20.8 Å². The van der Waals surface area contributed by atoms with Crippen LogP contribution in [0.3, 0.4) is 0 Å². The number of hydrogen-bond acceptors (Lipinski definition) is 4. The fourth-order valence-corrected chi connectivity index (χ4v) is 2.80. The largest absolute Gasteiger partial charge is 0.438 e. The van der Waals surface area contributed by atoms with Crippen molar-refractivity contribution in [3.8, 4) is 11.3 Å². The van der Waals surface area contributed by atoms with Crippen LogP contribution in [0, 0.1) is 6.92 Å². The Morgan fingerprint density at radius 2 is 2.17 bits per heavy atom. The van der Waals surface area contributed by atoms with Gasteiger partial charge in [0.05, 0.1) is 31.5 Å². The van der Waals surface area contributed by atoms with E-state index in [1.807, 2.05) is 26.0 Å². The second-order valence-electron chi connectivity index (χ2n) is 5.81. The molecule has 0 bridgehead atoms. The lowest BCUT2D eigenvalue weighted by Gasteiger charge is -2.33. The van der Waals surface area contributed by atoms with Gasteiger partial charge in [0.2, 0.25) is 5.89 Å². The number of hydrogen-bond donors (Lipinski definition) is 1. The summed E-state index contributed by atoms with van der Waals surface area (Å²) in [5, 5.41) is 3.52. The normalized spacial score (nSPS) is 17.8. The summed E-state index contributed by atoms with van der Waals surface area (Å²) in [7, 11) is 0. The highest BCUT2D eigenvalue weighted by molar-refractivity contribution is 6.30. The van der Waals surface area contributed by atoms with Crippen LogP contribution in [0.25, 0.3) is 11.3 Å². The summed E-state index contributed by atoms with van der Waals surface area (Å²) in [5.41, 5.74) is 1.69. The number of oxazole rings is 1. The van der Waals surface area contributed by atoms with E-state index < -0.39 is 0 Å². The van der Waals surface area contributed by atoms with E-state index in [1.54, 1.807) is 17.0 Å². The molecule has 2 heterocycles. The highest BCUT2D eigenvalue weighted by Gasteiger charge is 2.24. The number of nitrogens with zero attached hydrogens (tertiary/aromatic N) is 2. The minimum atomic E-state index is -0.130. The minimum Gasteiger partial charge on any atom is -0.438 e. The van der Waals surface area contributed by atoms with Gasteiger partial charge in [0, 0.05) is 17.1 Å². The standard InChI is InChI=1S/C17H20ClN3O3/c1-11-10-23-8-7-21(11)17(22)19-9-15-20-12(2)16(24-15)13-3-5-14(18)6-4-13/h3-6,11H,7-10H2,1-2H3,(H,19,22). The predicted octanol–water partition coefficient (Wildman–Crippen LogP) is 3.23. The fourth-order valence-electron chi connectivity index (χ4n) is 2.68. The van der Waals surface area contributed by atoms with Gasteiger partial charge in [-0.1, -0.05) is 11.6 Å². The zero-order chi connectivity index (χ0) is 17.1. The molecule has 128 valence electrons. The highest BCUT2D eigenvalue weighted by Crippen LogP contribution is 2.25. The van der Waals surface area contributed by atoms with Crippen molar-refractivity contribution >= 4 is 17.6 Å². The number of benzene rings is 1. The van der Waals surface area contributed by atoms with Crippen LogP contribution in [0.5, 0.6) is 0 Å². The topological polar surface area (TPSA) is 67.6 Å². The maximum atomic E-state index is 12.3. The molecule has 1 aliphatic heterocycles.